The first-order valence-electron chi connectivity index (χ1n) is 8.30. The minimum atomic E-state index is 0.536. The van der Waals surface area contributed by atoms with Gasteiger partial charge in [-0.3, -0.25) is 0 Å². The molecule has 0 aliphatic rings. The van der Waals surface area contributed by atoms with Gasteiger partial charge in [0.25, 0.3) is 0 Å². The molecule has 0 aliphatic carbocycles. The number of aromatic nitrogens is 1. The summed E-state index contributed by atoms with van der Waals surface area (Å²) >= 11 is 0. The highest BCUT2D eigenvalue weighted by Gasteiger charge is 2.16. The van der Waals surface area contributed by atoms with Crippen molar-refractivity contribution in [1.82, 2.24) is 4.98 Å². The molecule has 0 aliphatic heterocycles. The van der Waals surface area contributed by atoms with Gasteiger partial charge in [0, 0.05) is 23.9 Å². The highest BCUT2D eigenvalue weighted by molar-refractivity contribution is 5.69. The Morgan fingerprint density at radius 3 is 2.30 bits per heavy atom. The number of benzene rings is 2. The standard InChI is InChI=1S/C20H22N2O5/c1-23-16-8-5-13(19(25-3)20(16)26-4)10-22-14-6-7-15(17(9-14)24-2)18-11-21-12-27-18/h5-9,11-12,22H,10H2,1-4H3. The van der Waals surface area contributed by atoms with Gasteiger partial charge in [-0.2, -0.15) is 0 Å². The van der Waals surface area contributed by atoms with Gasteiger partial charge in [-0.15, -0.1) is 0 Å². The molecule has 7 heteroatoms. The predicted octanol–water partition coefficient (Wildman–Crippen LogP) is 3.99. The maximum Gasteiger partial charge on any atom is 0.203 e. The topological polar surface area (TPSA) is 75.0 Å². The predicted molar refractivity (Wildman–Crippen MR) is 102 cm³/mol. The number of oxazole rings is 1. The highest BCUT2D eigenvalue weighted by Crippen LogP contribution is 2.40. The van der Waals surface area contributed by atoms with E-state index in [-0.39, 0.29) is 0 Å². The van der Waals surface area contributed by atoms with Crippen molar-refractivity contribution in [3.63, 3.8) is 0 Å². The summed E-state index contributed by atoms with van der Waals surface area (Å²) < 4.78 is 27.1. The Kier molecular flexibility index (Phi) is 5.71. The summed E-state index contributed by atoms with van der Waals surface area (Å²) in [6, 6.07) is 9.57. The summed E-state index contributed by atoms with van der Waals surface area (Å²) in [5, 5.41) is 3.37. The van der Waals surface area contributed by atoms with Crippen LogP contribution in [0.25, 0.3) is 11.3 Å². The molecule has 7 nitrogen and oxygen atoms in total. The number of methoxy groups -OCH3 is 4. The summed E-state index contributed by atoms with van der Waals surface area (Å²) in [6.45, 7) is 0.536. The van der Waals surface area contributed by atoms with Crippen molar-refractivity contribution in [2.45, 2.75) is 6.54 Å². The molecule has 0 fully saturated rings. The third-order valence-corrected chi connectivity index (χ3v) is 4.17. The maximum atomic E-state index is 5.52. The van der Waals surface area contributed by atoms with Crippen molar-refractivity contribution < 1.29 is 23.4 Å². The van der Waals surface area contributed by atoms with Crippen LogP contribution >= 0.6 is 0 Å². The molecule has 1 aromatic heterocycles. The van der Waals surface area contributed by atoms with Crippen LogP contribution in [0.2, 0.25) is 0 Å². The SMILES string of the molecule is COc1cc(NCc2ccc(OC)c(OC)c2OC)ccc1-c1cnco1. The van der Waals surface area contributed by atoms with E-state index in [1.807, 2.05) is 30.3 Å². The lowest BCUT2D eigenvalue weighted by molar-refractivity contribution is 0.322. The van der Waals surface area contributed by atoms with Crippen LogP contribution in [0.5, 0.6) is 23.0 Å². The molecule has 1 heterocycles. The Morgan fingerprint density at radius 1 is 0.889 bits per heavy atom. The van der Waals surface area contributed by atoms with E-state index in [1.54, 1.807) is 34.6 Å². The number of nitrogens with one attached hydrogen (secondary N) is 1. The summed E-state index contributed by atoms with van der Waals surface area (Å²) in [6.07, 6.45) is 3.05. The molecule has 142 valence electrons. The zero-order chi connectivity index (χ0) is 19.2. The lowest BCUT2D eigenvalue weighted by atomic mass is 10.1. The van der Waals surface area contributed by atoms with Gasteiger partial charge in [-0.25, -0.2) is 4.98 Å². The summed E-state index contributed by atoms with van der Waals surface area (Å²) in [4.78, 5) is 3.95. The van der Waals surface area contributed by atoms with Gasteiger partial charge in [-0.1, -0.05) is 0 Å². The third kappa shape index (κ3) is 3.76. The molecule has 0 saturated heterocycles. The van der Waals surface area contributed by atoms with Gasteiger partial charge >= 0.3 is 0 Å². The number of ether oxygens (including phenoxy) is 4. The van der Waals surface area contributed by atoms with Crippen LogP contribution in [0, 0.1) is 0 Å². The van der Waals surface area contributed by atoms with E-state index in [2.05, 4.69) is 10.3 Å². The first-order chi connectivity index (χ1) is 13.2. The minimum absolute atomic E-state index is 0.536. The van der Waals surface area contributed by atoms with Gasteiger partial charge in [-0.05, 0) is 24.3 Å². The van der Waals surface area contributed by atoms with E-state index in [9.17, 15) is 0 Å². The van der Waals surface area contributed by atoms with Crippen molar-refractivity contribution in [2.75, 3.05) is 33.8 Å². The average Bonchev–Trinajstić information content (AvgIpc) is 3.25. The van der Waals surface area contributed by atoms with Gasteiger partial charge in [0.05, 0.1) is 40.2 Å². The average molecular weight is 370 g/mol. The molecule has 0 amide bonds. The van der Waals surface area contributed by atoms with Crippen molar-refractivity contribution in [1.29, 1.82) is 0 Å². The molecule has 1 N–H and O–H groups in total. The molecule has 0 spiro atoms. The van der Waals surface area contributed by atoms with Crippen LogP contribution in [0.4, 0.5) is 5.69 Å². The second-order valence-electron chi connectivity index (χ2n) is 5.63. The first-order valence-corrected chi connectivity index (χ1v) is 8.30. The van der Waals surface area contributed by atoms with Crippen LogP contribution in [0.1, 0.15) is 5.56 Å². The zero-order valence-electron chi connectivity index (χ0n) is 15.7. The fourth-order valence-electron chi connectivity index (χ4n) is 2.85. The van der Waals surface area contributed by atoms with E-state index in [4.69, 9.17) is 23.4 Å². The van der Waals surface area contributed by atoms with E-state index in [0.717, 1.165) is 16.8 Å². The summed E-state index contributed by atoms with van der Waals surface area (Å²) in [5.74, 6) is 3.17. The Bertz CT molecular complexity index is 894. The van der Waals surface area contributed by atoms with Crippen LogP contribution in [-0.4, -0.2) is 33.4 Å². The van der Waals surface area contributed by atoms with Gasteiger partial charge in [0.1, 0.15) is 5.75 Å². The van der Waals surface area contributed by atoms with Gasteiger partial charge in [0.2, 0.25) is 5.75 Å². The van der Waals surface area contributed by atoms with Crippen molar-refractivity contribution >= 4 is 5.69 Å². The van der Waals surface area contributed by atoms with E-state index in [0.29, 0.717) is 35.3 Å². The van der Waals surface area contributed by atoms with E-state index < -0.39 is 0 Å². The molecule has 0 radical (unpaired) electrons. The second kappa shape index (κ2) is 8.35. The quantitative estimate of drug-likeness (QED) is 0.642. The van der Waals surface area contributed by atoms with Crippen molar-refractivity contribution in [3.8, 4) is 34.3 Å². The lowest BCUT2D eigenvalue weighted by Crippen LogP contribution is -2.04. The van der Waals surface area contributed by atoms with Crippen LogP contribution in [0.15, 0.2) is 47.3 Å². The fraction of sp³-hybridized carbons (Fsp3) is 0.250. The van der Waals surface area contributed by atoms with Crippen molar-refractivity contribution in [2.24, 2.45) is 0 Å². The van der Waals surface area contributed by atoms with Gasteiger partial charge in [0.15, 0.2) is 23.7 Å². The Morgan fingerprint density at radius 2 is 1.67 bits per heavy atom. The Labute approximate surface area is 157 Å². The highest BCUT2D eigenvalue weighted by atomic mass is 16.5. The molecule has 3 rings (SSSR count). The first kappa shape index (κ1) is 18.4. The summed E-state index contributed by atoms with van der Waals surface area (Å²) in [5.41, 5.74) is 2.67. The molecule has 0 bridgehead atoms. The smallest absolute Gasteiger partial charge is 0.203 e. The van der Waals surface area contributed by atoms with Gasteiger partial charge < -0.3 is 28.7 Å². The molecule has 0 atom stereocenters. The van der Waals surface area contributed by atoms with Crippen molar-refractivity contribution in [3.05, 3.63) is 48.5 Å². The number of anilines is 1. The Balaban J connectivity index is 1.83. The third-order valence-electron chi connectivity index (χ3n) is 4.17. The second-order valence-corrected chi connectivity index (χ2v) is 5.63. The normalized spacial score (nSPS) is 10.4. The molecule has 3 aromatic rings. The number of rotatable bonds is 8. The molecular formula is C20H22N2O5. The molecule has 0 unspecified atom stereocenters. The zero-order valence-corrected chi connectivity index (χ0v) is 15.7. The number of hydrogen-bond acceptors (Lipinski definition) is 7. The lowest BCUT2D eigenvalue weighted by Gasteiger charge is -2.17. The Hall–Kier alpha value is -3.35. The largest absolute Gasteiger partial charge is 0.496 e. The molecule has 27 heavy (non-hydrogen) atoms. The van der Waals surface area contributed by atoms with E-state index in [1.165, 1.54) is 6.39 Å². The molecule has 2 aromatic carbocycles. The maximum absolute atomic E-state index is 5.52. The fourth-order valence-corrected chi connectivity index (χ4v) is 2.85. The van der Waals surface area contributed by atoms with Crippen LogP contribution in [-0.2, 0) is 6.54 Å². The van der Waals surface area contributed by atoms with E-state index >= 15 is 0 Å². The number of nitrogens with zero attached hydrogens (tertiary/aromatic N) is 1. The number of hydrogen-bond donors (Lipinski definition) is 1. The monoisotopic (exact) mass is 370 g/mol. The minimum Gasteiger partial charge on any atom is -0.496 e. The molecule has 0 saturated carbocycles. The van der Waals surface area contributed by atoms with Crippen LogP contribution in [0.3, 0.4) is 0 Å². The van der Waals surface area contributed by atoms with Crippen LogP contribution < -0.4 is 24.3 Å². The summed E-state index contributed by atoms with van der Waals surface area (Å²) in [7, 11) is 6.41. The molecular weight excluding hydrogens is 348 g/mol.